The van der Waals surface area contributed by atoms with Crippen LogP contribution in [-0.4, -0.2) is 37.0 Å². The minimum atomic E-state index is -3.66. The number of fused-ring (bicyclic) bond motifs is 1. The van der Waals surface area contributed by atoms with Crippen molar-refractivity contribution in [1.29, 1.82) is 0 Å². The fourth-order valence-corrected chi connectivity index (χ4v) is 5.45. The summed E-state index contributed by atoms with van der Waals surface area (Å²) in [5.41, 5.74) is 1.32. The first kappa shape index (κ1) is 15.7. The Morgan fingerprint density at radius 1 is 1.29 bits per heavy atom. The molecule has 1 atom stereocenters. The molecule has 2 aliphatic heterocycles. The lowest BCUT2D eigenvalue weighted by Crippen LogP contribution is -2.45. The summed E-state index contributed by atoms with van der Waals surface area (Å²) >= 11 is 0. The highest BCUT2D eigenvalue weighted by Crippen LogP contribution is 2.42. The zero-order valence-corrected chi connectivity index (χ0v) is 14.7. The summed E-state index contributed by atoms with van der Waals surface area (Å²) in [6, 6.07) is 7.81. The number of nitrogens with zero attached hydrogens (tertiary/aromatic N) is 3. The van der Waals surface area contributed by atoms with Gasteiger partial charge in [0.05, 0.1) is 30.1 Å². The van der Waals surface area contributed by atoms with Crippen LogP contribution in [0.25, 0.3) is 0 Å². The fraction of sp³-hybridized carbons (Fsp3) is 0.471. The minimum Gasteiger partial charge on any atom is -0.379 e. The summed E-state index contributed by atoms with van der Waals surface area (Å²) in [6.45, 7) is 5.19. The molecule has 2 aliphatic rings. The zero-order chi connectivity index (χ0) is 16.9. The van der Waals surface area contributed by atoms with E-state index in [-0.39, 0.29) is 10.9 Å². The Bertz CT molecular complexity index is 867. The van der Waals surface area contributed by atoms with E-state index in [1.165, 1.54) is 6.20 Å². The van der Waals surface area contributed by atoms with E-state index in [0.717, 1.165) is 17.7 Å². The van der Waals surface area contributed by atoms with Crippen molar-refractivity contribution in [3.05, 3.63) is 42.2 Å². The number of para-hydroxylation sites is 1. The normalized spacial score (nSPS) is 22.8. The van der Waals surface area contributed by atoms with Crippen LogP contribution in [0.2, 0.25) is 0 Å². The van der Waals surface area contributed by atoms with Crippen molar-refractivity contribution in [2.75, 3.05) is 17.5 Å². The third-order valence-corrected chi connectivity index (χ3v) is 6.76. The molecule has 1 aromatic carbocycles. The standard InChI is InChI=1S/C17H21N3O3S/c1-17(2)9-13-5-3-4-6-16(13)20(17)24(21,22)15-10-18-19(11-15)14-7-8-23-12-14/h3-6,10-11,14H,7-9,12H2,1-2H3. The van der Waals surface area contributed by atoms with Gasteiger partial charge in [0.1, 0.15) is 4.90 Å². The molecule has 0 N–H and O–H groups in total. The summed E-state index contributed by atoms with van der Waals surface area (Å²) in [5, 5.41) is 4.27. The van der Waals surface area contributed by atoms with Gasteiger partial charge in [0.15, 0.2) is 0 Å². The second-order valence-corrected chi connectivity index (χ2v) is 8.85. The van der Waals surface area contributed by atoms with Gasteiger partial charge < -0.3 is 4.74 Å². The van der Waals surface area contributed by atoms with E-state index >= 15 is 0 Å². The molecule has 6 nitrogen and oxygen atoms in total. The Morgan fingerprint density at radius 3 is 2.83 bits per heavy atom. The van der Waals surface area contributed by atoms with Crippen molar-refractivity contribution >= 4 is 15.7 Å². The Kier molecular flexibility index (Phi) is 3.47. The predicted octanol–water partition coefficient (Wildman–Crippen LogP) is 2.37. The average Bonchev–Trinajstić information content (AvgIpc) is 3.23. The molecule has 0 bridgehead atoms. The monoisotopic (exact) mass is 347 g/mol. The van der Waals surface area contributed by atoms with Crippen molar-refractivity contribution in [3.63, 3.8) is 0 Å². The number of hydrogen-bond acceptors (Lipinski definition) is 4. The molecule has 0 saturated carbocycles. The topological polar surface area (TPSA) is 64.4 Å². The van der Waals surface area contributed by atoms with Gasteiger partial charge in [-0.1, -0.05) is 18.2 Å². The first-order valence-electron chi connectivity index (χ1n) is 8.15. The lowest BCUT2D eigenvalue weighted by Gasteiger charge is -2.32. The number of aromatic nitrogens is 2. The minimum absolute atomic E-state index is 0.118. The number of rotatable bonds is 3. The number of ether oxygens (including phenoxy) is 1. The summed E-state index contributed by atoms with van der Waals surface area (Å²) in [7, 11) is -3.66. The van der Waals surface area contributed by atoms with Gasteiger partial charge in [-0.2, -0.15) is 5.10 Å². The molecule has 0 radical (unpaired) electrons. The first-order valence-corrected chi connectivity index (χ1v) is 9.59. The molecule has 24 heavy (non-hydrogen) atoms. The van der Waals surface area contributed by atoms with Gasteiger partial charge in [0.2, 0.25) is 0 Å². The van der Waals surface area contributed by atoms with Gasteiger partial charge in [-0.3, -0.25) is 8.99 Å². The van der Waals surface area contributed by atoms with E-state index in [1.54, 1.807) is 15.2 Å². The van der Waals surface area contributed by atoms with E-state index in [0.29, 0.717) is 19.6 Å². The van der Waals surface area contributed by atoms with Gasteiger partial charge in [-0.05, 0) is 38.3 Å². The molecule has 1 unspecified atom stereocenters. The maximum absolute atomic E-state index is 13.3. The van der Waals surface area contributed by atoms with Crippen molar-refractivity contribution in [2.45, 2.75) is 43.2 Å². The third kappa shape index (κ3) is 2.34. The Balaban J connectivity index is 1.75. The highest BCUT2D eigenvalue weighted by atomic mass is 32.2. The quantitative estimate of drug-likeness (QED) is 0.855. The van der Waals surface area contributed by atoms with Gasteiger partial charge in [-0.25, -0.2) is 8.42 Å². The molecular formula is C17H21N3O3S. The maximum atomic E-state index is 13.3. The Hall–Kier alpha value is -1.86. The van der Waals surface area contributed by atoms with Crippen molar-refractivity contribution < 1.29 is 13.2 Å². The second-order valence-electron chi connectivity index (χ2n) is 7.06. The van der Waals surface area contributed by atoms with Crippen molar-refractivity contribution in [3.8, 4) is 0 Å². The van der Waals surface area contributed by atoms with E-state index in [1.807, 2.05) is 38.1 Å². The smallest absolute Gasteiger partial charge is 0.267 e. The molecule has 0 aliphatic carbocycles. The molecule has 128 valence electrons. The molecular weight excluding hydrogens is 326 g/mol. The fourth-order valence-electron chi connectivity index (χ4n) is 3.67. The summed E-state index contributed by atoms with van der Waals surface area (Å²) in [5.74, 6) is 0. The van der Waals surface area contributed by atoms with Crippen LogP contribution in [0.4, 0.5) is 5.69 Å². The number of benzene rings is 1. The van der Waals surface area contributed by atoms with E-state index in [2.05, 4.69) is 5.10 Å². The average molecular weight is 347 g/mol. The van der Waals surface area contributed by atoms with Crippen LogP contribution in [0.3, 0.4) is 0 Å². The second kappa shape index (κ2) is 5.32. The maximum Gasteiger partial charge on any atom is 0.267 e. The van der Waals surface area contributed by atoms with Crippen LogP contribution in [0.5, 0.6) is 0 Å². The summed E-state index contributed by atoms with van der Waals surface area (Å²) in [4.78, 5) is 0.235. The molecule has 1 saturated heterocycles. The van der Waals surface area contributed by atoms with E-state index in [4.69, 9.17) is 4.74 Å². The van der Waals surface area contributed by atoms with Gasteiger partial charge >= 0.3 is 0 Å². The number of sulfonamides is 1. The summed E-state index contributed by atoms with van der Waals surface area (Å²) in [6.07, 6.45) is 4.64. The molecule has 1 aromatic heterocycles. The SMILES string of the molecule is CC1(C)Cc2ccccc2N1S(=O)(=O)c1cnn(C2CCOC2)c1. The number of hydrogen-bond donors (Lipinski definition) is 0. The Morgan fingerprint density at radius 2 is 2.08 bits per heavy atom. The van der Waals surface area contributed by atoms with Gasteiger partial charge in [-0.15, -0.1) is 0 Å². The zero-order valence-electron chi connectivity index (χ0n) is 13.8. The van der Waals surface area contributed by atoms with Crippen LogP contribution < -0.4 is 4.31 Å². The van der Waals surface area contributed by atoms with Gasteiger partial charge in [0.25, 0.3) is 10.0 Å². The van der Waals surface area contributed by atoms with Crippen LogP contribution in [0.1, 0.15) is 31.9 Å². The lowest BCUT2D eigenvalue weighted by molar-refractivity contribution is 0.184. The van der Waals surface area contributed by atoms with Gasteiger partial charge in [0, 0.05) is 12.8 Å². The van der Waals surface area contributed by atoms with Crippen molar-refractivity contribution in [2.24, 2.45) is 0 Å². The van der Waals surface area contributed by atoms with Crippen LogP contribution in [0.15, 0.2) is 41.6 Å². The first-order chi connectivity index (χ1) is 11.4. The van der Waals surface area contributed by atoms with E-state index in [9.17, 15) is 8.42 Å². The van der Waals surface area contributed by atoms with E-state index < -0.39 is 15.6 Å². The molecule has 0 spiro atoms. The molecule has 4 rings (SSSR count). The largest absolute Gasteiger partial charge is 0.379 e. The third-order valence-electron chi connectivity index (χ3n) is 4.78. The van der Waals surface area contributed by atoms with Crippen LogP contribution in [-0.2, 0) is 21.2 Å². The molecule has 3 heterocycles. The lowest BCUT2D eigenvalue weighted by atomic mass is 10.0. The van der Waals surface area contributed by atoms with Crippen LogP contribution >= 0.6 is 0 Å². The molecule has 7 heteroatoms. The Labute approximate surface area is 142 Å². The van der Waals surface area contributed by atoms with Crippen molar-refractivity contribution in [1.82, 2.24) is 9.78 Å². The molecule has 1 fully saturated rings. The number of anilines is 1. The van der Waals surface area contributed by atoms with Crippen LogP contribution in [0, 0.1) is 0 Å². The highest BCUT2D eigenvalue weighted by molar-refractivity contribution is 7.93. The molecule has 0 amide bonds. The molecule has 2 aromatic rings. The predicted molar refractivity (Wildman–Crippen MR) is 90.6 cm³/mol. The summed E-state index contributed by atoms with van der Waals surface area (Å²) < 4.78 is 35.2. The highest BCUT2D eigenvalue weighted by Gasteiger charge is 2.44.